The van der Waals surface area contributed by atoms with Gasteiger partial charge in [-0.2, -0.15) is 0 Å². The third-order valence-corrected chi connectivity index (χ3v) is 3.13. The molecule has 0 saturated carbocycles. The summed E-state index contributed by atoms with van der Waals surface area (Å²) in [4.78, 5) is 8.70. The molecule has 2 rings (SSSR count). The summed E-state index contributed by atoms with van der Waals surface area (Å²) >= 11 is 0. The van der Waals surface area contributed by atoms with Gasteiger partial charge in [0.15, 0.2) is 0 Å². The van der Waals surface area contributed by atoms with Gasteiger partial charge in [0.1, 0.15) is 5.82 Å². The average molecular weight is 255 g/mol. The van der Waals surface area contributed by atoms with Gasteiger partial charge in [0, 0.05) is 6.20 Å². The SMILES string of the molecule is CCNC(Cc1cccc(C)c1)c1ccnc(C)n1. The predicted molar refractivity (Wildman–Crippen MR) is 78.1 cm³/mol. The van der Waals surface area contributed by atoms with Crippen LogP contribution in [-0.4, -0.2) is 16.5 Å². The van der Waals surface area contributed by atoms with Crippen LogP contribution in [0.5, 0.6) is 0 Å². The van der Waals surface area contributed by atoms with Crippen molar-refractivity contribution in [3.8, 4) is 0 Å². The van der Waals surface area contributed by atoms with Crippen LogP contribution in [0.3, 0.4) is 0 Å². The first kappa shape index (κ1) is 13.7. The third kappa shape index (κ3) is 3.86. The van der Waals surface area contributed by atoms with Crippen molar-refractivity contribution in [2.75, 3.05) is 6.54 Å². The molecule has 0 bridgehead atoms. The number of rotatable bonds is 5. The molecule has 1 atom stereocenters. The van der Waals surface area contributed by atoms with E-state index in [1.165, 1.54) is 11.1 Å². The molecule has 0 aliphatic carbocycles. The highest BCUT2D eigenvalue weighted by Gasteiger charge is 2.13. The lowest BCUT2D eigenvalue weighted by Crippen LogP contribution is -2.24. The predicted octanol–water partition coefficient (Wildman–Crippen LogP) is 2.99. The fourth-order valence-corrected chi connectivity index (χ4v) is 2.27. The molecule has 2 aromatic rings. The molecule has 1 aromatic carbocycles. The van der Waals surface area contributed by atoms with Crippen molar-refractivity contribution >= 4 is 0 Å². The molecule has 100 valence electrons. The molecular formula is C16H21N3. The molecule has 0 amide bonds. The first-order valence-corrected chi connectivity index (χ1v) is 6.77. The van der Waals surface area contributed by atoms with E-state index in [9.17, 15) is 0 Å². The maximum absolute atomic E-state index is 4.54. The highest BCUT2D eigenvalue weighted by atomic mass is 15.0. The number of hydrogen-bond acceptors (Lipinski definition) is 3. The van der Waals surface area contributed by atoms with Gasteiger partial charge in [0.2, 0.25) is 0 Å². The van der Waals surface area contributed by atoms with Gasteiger partial charge in [0.05, 0.1) is 11.7 Å². The van der Waals surface area contributed by atoms with E-state index in [4.69, 9.17) is 0 Å². The summed E-state index contributed by atoms with van der Waals surface area (Å²) in [7, 11) is 0. The summed E-state index contributed by atoms with van der Waals surface area (Å²) in [5.74, 6) is 0.824. The zero-order valence-corrected chi connectivity index (χ0v) is 11.9. The minimum absolute atomic E-state index is 0.244. The van der Waals surface area contributed by atoms with Crippen LogP contribution in [0.4, 0.5) is 0 Å². The van der Waals surface area contributed by atoms with E-state index in [0.717, 1.165) is 24.5 Å². The maximum Gasteiger partial charge on any atom is 0.125 e. The molecule has 1 unspecified atom stereocenters. The summed E-state index contributed by atoms with van der Waals surface area (Å²) in [6.45, 7) is 7.11. The van der Waals surface area contributed by atoms with Crippen molar-refractivity contribution in [3.63, 3.8) is 0 Å². The van der Waals surface area contributed by atoms with Gasteiger partial charge in [-0.25, -0.2) is 9.97 Å². The topological polar surface area (TPSA) is 37.8 Å². The Morgan fingerprint density at radius 2 is 2.05 bits per heavy atom. The van der Waals surface area contributed by atoms with Crippen molar-refractivity contribution in [1.29, 1.82) is 0 Å². The van der Waals surface area contributed by atoms with Crippen LogP contribution in [0.15, 0.2) is 36.5 Å². The monoisotopic (exact) mass is 255 g/mol. The Morgan fingerprint density at radius 1 is 1.21 bits per heavy atom. The number of likely N-dealkylation sites (N-methyl/N-ethyl adjacent to an activating group) is 1. The molecule has 0 aliphatic heterocycles. The second-order valence-electron chi connectivity index (χ2n) is 4.83. The zero-order chi connectivity index (χ0) is 13.7. The van der Waals surface area contributed by atoms with Crippen LogP contribution in [0, 0.1) is 13.8 Å². The second kappa shape index (κ2) is 6.43. The maximum atomic E-state index is 4.54. The molecule has 0 aliphatic rings. The van der Waals surface area contributed by atoms with Gasteiger partial charge in [-0.05, 0) is 38.4 Å². The molecule has 3 heteroatoms. The molecule has 19 heavy (non-hydrogen) atoms. The van der Waals surface area contributed by atoms with Gasteiger partial charge in [-0.1, -0.05) is 36.8 Å². The summed E-state index contributed by atoms with van der Waals surface area (Å²) in [6.07, 6.45) is 2.78. The zero-order valence-electron chi connectivity index (χ0n) is 11.9. The van der Waals surface area contributed by atoms with Crippen LogP contribution >= 0.6 is 0 Å². The molecule has 0 fully saturated rings. The van der Waals surface area contributed by atoms with Crippen LogP contribution in [0.25, 0.3) is 0 Å². The molecule has 0 radical (unpaired) electrons. The Labute approximate surface area is 115 Å². The highest BCUT2D eigenvalue weighted by Crippen LogP contribution is 2.17. The Hall–Kier alpha value is -1.74. The van der Waals surface area contributed by atoms with Crippen molar-refractivity contribution in [2.24, 2.45) is 0 Å². The summed E-state index contributed by atoms with van der Waals surface area (Å²) < 4.78 is 0. The van der Waals surface area contributed by atoms with Gasteiger partial charge < -0.3 is 5.32 Å². The minimum Gasteiger partial charge on any atom is -0.309 e. The number of aromatic nitrogens is 2. The first-order valence-electron chi connectivity index (χ1n) is 6.77. The Morgan fingerprint density at radius 3 is 2.74 bits per heavy atom. The second-order valence-corrected chi connectivity index (χ2v) is 4.83. The lowest BCUT2D eigenvalue weighted by molar-refractivity contribution is 0.534. The summed E-state index contributed by atoms with van der Waals surface area (Å²) in [5, 5.41) is 3.50. The van der Waals surface area contributed by atoms with Crippen molar-refractivity contribution in [1.82, 2.24) is 15.3 Å². The quantitative estimate of drug-likeness (QED) is 0.892. The van der Waals surface area contributed by atoms with Crippen LogP contribution in [0.2, 0.25) is 0 Å². The summed E-state index contributed by atoms with van der Waals surface area (Å²) in [6, 6.07) is 10.9. The fraction of sp³-hybridized carbons (Fsp3) is 0.375. The Bertz CT molecular complexity index is 537. The van der Waals surface area contributed by atoms with Gasteiger partial charge in [-0.15, -0.1) is 0 Å². The molecule has 1 N–H and O–H groups in total. The number of hydrogen-bond donors (Lipinski definition) is 1. The normalized spacial score (nSPS) is 12.4. The lowest BCUT2D eigenvalue weighted by atomic mass is 10.0. The molecule has 3 nitrogen and oxygen atoms in total. The van der Waals surface area contributed by atoms with Crippen LogP contribution in [0.1, 0.15) is 35.6 Å². The highest BCUT2D eigenvalue weighted by molar-refractivity contribution is 5.24. The van der Waals surface area contributed by atoms with E-state index in [2.05, 4.69) is 53.4 Å². The standard InChI is InChI=1S/C16H21N3/c1-4-17-16(15-8-9-18-13(3)19-15)11-14-7-5-6-12(2)10-14/h5-10,16-17H,4,11H2,1-3H3. The molecule has 0 saturated heterocycles. The molecule has 0 spiro atoms. The van der Waals surface area contributed by atoms with Gasteiger partial charge in [0.25, 0.3) is 0 Å². The third-order valence-electron chi connectivity index (χ3n) is 3.13. The Balaban J connectivity index is 2.21. The Kier molecular flexibility index (Phi) is 4.63. The number of nitrogens with zero attached hydrogens (tertiary/aromatic N) is 2. The van der Waals surface area contributed by atoms with Gasteiger partial charge >= 0.3 is 0 Å². The molecule has 1 heterocycles. The first-order chi connectivity index (χ1) is 9.19. The number of nitrogens with one attached hydrogen (secondary N) is 1. The average Bonchev–Trinajstić information content (AvgIpc) is 2.38. The smallest absolute Gasteiger partial charge is 0.125 e. The van der Waals surface area contributed by atoms with E-state index in [1.807, 2.05) is 19.2 Å². The van der Waals surface area contributed by atoms with E-state index >= 15 is 0 Å². The fourth-order valence-electron chi connectivity index (χ4n) is 2.27. The summed E-state index contributed by atoms with van der Waals surface area (Å²) in [5.41, 5.74) is 3.70. The lowest BCUT2D eigenvalue weighted by Gasteiger charge is -2.18. The largest absolute Gasteiger partial charge is 0.309 e. The van der Waals surface area contributed by atoms with E-state index in [0.29, 0.717) is 0 Å². The van der Waals surface area contributed by atoms with E-state index < -0.39 is 0 Å². The van der Waals surface area contributed by atoms with Crippen molar-refractivity contribution in [2.45, 2.75) is 33.2 Å². The van der Waals surface area contributed by atoms with Gasteiger partial charge in [-0.3, -0.25) is 0 Å². The van der Waals surface area contributed by atoms with Crippen LogP contribution in [-0.2, 0) is 6.42 Å². The molecule has 1 aromatic heterocycles. The van der Waals surface area contributed by atoms with Crippen molar-refractivity contribution < 1.29 is 0 Å². The number of aryl methyl sites for hydroxylation is 2. The van der Waals surface area contributed by atoms with E-state index in [1.54, 1.807) is 0 Å². The van der Waals surface area contributed by atoms with Crippen LogP contribution < -0.4 is 5.32 Å². The number of benzene rings is 1. The molecular weight excluding hydrogens is 234 g/mol. The minimum atomic E-state index is 0.244. The van der Waals surface area contributed by atoms with E-state index in [-0.39, 0.29) is 6.04 Å². The van der Waals surface area contributed by atoms with Crippen molar-refractivity contribution in [3.05, 3.63) is 59.2 Å².